The van der Waals surface area contributed by atoms with Gasteiger partial charge in [0, 0.05) is 6.04 Å². The Labute approximate surface area is 119 Å². The van der Waals surface area contributed by atoms with Crippen molar-refractivity contribution in [3.63, 3.8) is 0 Å². The number of carbonyl (C=O) groups excluding carboxylic acids is 1. The van der Waals surface area contributed by atoms with Crippen molar-refractivity contribution in [2.75, 3.05) is 6.61 Å². The summed E-state index contributed by atoms with van der Waals surface area (Å²) >= 11 is 6.01. The molecule has 0 spiro atoms. The number of halogens is 1. The van der Waals surface area contributed by atoms with Gasteiger partial charge in [0.1, 0.15) is 5.75 Å². The lowest BCUT2D eigenvalue weighted by molar-refractivity contribution is -0.123. The van der Waals surface area contributed by atoms with Gasteiger partial charge in [0.25, 0.3) is 5.91 Å². The third-order valence-corrected chi connectivity index (χ3v) is 3.82. The van der Waals surface area contributed by atoms with Gasteiger partial charge in [0.2, 0.25) is 0 Å². The van der Waals surface area contributed by atoms with Gasteiger partial charge >= 0.3 is 0 Å². The molecule has 1 N–H and O–H groups in total. The third kappa shape index (κ3) is 4.13. The third-order valence-electron chi connectivity index (χ3n) is 3.51. The summed E-state index contributed by atoms with van der Waals surface area (Å²) < 4.78 is 5.47. The first-order valence-corrected chi connectivity index (χ1v) is 7.10. The van der Waals surface area contributed by atoms with Crippen LogP contribution in [0.3, 0.4) is 0 Å². The lowest BCUT2D eigenvalue weighted by atomic mass is 10.1. The van der Waals surface area contributed by atoms with Crippen LogP contribution in [0.25, 0.3) is 0 Å². The summed E-state index contributed by atoms with van der Waals surface area (Å²) in [6, 6.07) is 5.84. The molecule has 0 bridgehead atoms. The first-order valence-electron chi connectivity index (χ1n) is 6.73. The van der Waals surface area contributed by atoms with Gasteiger partial charge in [0.05, 0.1) is 5.02 Å². The van der Waals surface area contributed by atoms with E-state index in [1.54, 1.807) is 6.07 Å². The number of ether oxygens (including phenoxy) is 1. The summed E-state index contributed by atoms with van der Waals surface area (Å²) in [5.41, 5.74) is 1.06. The van der Waals surface area contributed by atoms with Crippen molar-refractivity contribution in [1.82, 2.24) is 5.32 Å². The van der Waals surface area contributed by atoms with Crippen LogP contribution in [0, 0.1) is 12.8 Å². The summed E-state index contributed by atoms with van der Waals surface area (Å²) in [6.45, 7) is 4.20. The second kappa shape index (κ2) is 6.29. The quantitative estimate of drug-likeness (QED) is 0.919. The van der Waals surface area contributed by atoms with Crippen LogP contribution < -0.4 is 10.1 Å². The van der Waals surface area contributed by atoms with Crippen molar-refractivity contribution in [1.29, 1.82) is 0 Å². The zero-order valence-electron chi connectivity index (χ0n) is 11.4. The highest BCUT2D eigenvalue weighted by Gasteiger charge is 2.22. The van der Waals surface area contributed by atoms with Gasteiger partial charge in [-0.2, -0.15) is 0 Å². The van der Waals surface area contributed by atoms with Crippen molar-refractivity contribution < 1.29 is 9.53 Å². The van der Waals surface area contributed by atoms with E-state index in [1.165, 1.54) is 6.42 Å². The second-order valence-electron chi connectivity index (χ2n) is 5.41. The van der Waals surface area contributed by atoms with Crippen LogP contribution in [0.4, 0.5) is 0 Å². The number of amides is 1. The number of carbonyl (C=O) groups is 1. The summed E-state index contributed by atoms with van der Waals surface area (Å²) in [7, 11) is 0. The van der Waals surface area contributed by atoms with E-state index in [0.29, 0.717) is 22.7 Å². The van der Waals surface area contributed by atoms with E-state index < -0.39 is 0 Å². The molecule has 4 heteroatoms. The van der Waals surface area contributed by atoms with Crippen molar-refractivity contribution in [2.45, 2.75) is 39.2 Å². The Kier molecular flexibility index (Phi) is 4.70. The number of aryl methyl sites for hydroxylation is 1. The van der Waals surface area contributed by atoms with Gasteiger partial charge in [0.15, 0.2) is 6.61 Å². The van der Waals surface area contributed by atoms with Crippen LogP contribution in [0.2, 0.25) is 5.02 Å². The molecule has 2 rings (SSSR count). The normalized spacial score (nSPS) is 22.3. The minimum absolute atomic E-state index is 0.0219. The first kappa shape index (κ1) is 14.2. The van der Waals surface area contributed by atoms with E-state index in [-0.39, 0.29) is 12.5 Å². The number of benzene rings is 1. The molecule has 0 aliphatic heterocycles. The van der Waals surface area contributed by atoms with Crippen LogP contribution in [0.15, 0.2) is 18.2 Å². The van der Waals surface area contributed by atoms with Gasteiger partial charge < -0.3 is 10.1 Å². The zero-order valence-corrected chi connectivity index (χ0v) is 12.2. The second-order valence-corrected chi connectivity index (χ2v) is 5.81. The van der Waals surface area contributed by atoms with Crippen LogP contribution in [-0.2, 0) is 4.79 Å². The Hall–Kier alpha value is -1.22. The Morgan fingerprint density at radius 3 is 2.95 bits per heavy atom. The molecule has 1 aromatic carbocycles. The maximum absolute atomic E-state index is 11.8. The van der Waals surface area contributed by atoms with Gasteiger partial charge in [-0.05, 0) is 49.8 Å². The molecule has 1 saturated carbocycles. The van der Waals surface area contributed by atoms with Gasteiger partial charge in [-0.25, -0.2) is 0 Å². The lowest BCUT2D eigenvalue weighted by Gasteiger charge is -2.13. The number of nitrogens with one attached hydrogen (secondary N) is 1. The minimum atomic E-state index is -0.0725. The largest absolute Gasteiger partial charge is 0.482 e. The molecule has 1 amide bonds. The van der Waals surface area contributed by atoms with E-state index >= 15 is 0 Å². The molecule has 104 valence electrons. The molecule has 2 unspecified atom stereocenters. The fourth-order valence-corrected chi connectivity index (χ4v) is 2.64. The average Bonchev–Trinajstić information content (AvgIpc) is 2.76. The van der Waals surface area contributed by atoms with Crippen molar-refractivity contribution in [3.05, 3.63) is 28.8 Å². The monoisotopic (exact) mass is 281 g/mol. The Morgan fingerprint density at radius 1 is 1.47 bits per heavy atom. The van der Waals surface area contributed by atoms with E-state index in [1.807, 2.05) is 19.1 Å². The van der Waals surface area contributed by atoms with E-state index in [9.17, 15) is 4.79 Å². The summed E-state index contributed by atoms with van der Waals surface area (Å²) in [5.74, 6) is 1.20. The predicted octanol–water partition coefficient (Wildman–Crippen LogP) is 3.33. The fraction of sp³-hybridized carbons (Fsp3) is 0.533. The maximum Gasteiger partial charge on any atom is 0.258 e. The molecule has 0 radical (unpaired) electrons. The zero-order chi connectivity index (χ0) is 13.8. The molecule has 2 atom stereocenters. The predicted molar refractivity (Wildman–Crippen MR) is 76.6 cm³/mol. The Bertz CT molecular complexity index is 461. The lowest BCUT2D eigenvalue weighted by Crippen LogP contribution is -2.36. The molecule has 1 aliphatic carbocycles. The number of rotatable bonds is 4. The summed E-state index contributed by atoms with van der Waals surface area (Å²) in [5, 5.41) is 3.54. The molecule has 1 aliphatic rings. The molecule has 1 fully saturated rings. The number of hydrogen-bond acceptors (Lipinski definition) is 2. The van der Waals surface area contributed by atoms with E-state index in [0.717, 1.165) is 18.4 Å². The summed E-state index contributed by atoms with van der Waals surface area (Å²) in [4.78, 5) is 11.8. The molecular weight excluding hydrogens is 262 g/mol. The van der Waals surface area contributed by atoms with Crippen molar-refractivity contribution >= 4 is 17.5 Å². The minimum Gasteiger partial charge on any atom is -0.482 e. The molecular formula is C15H20ClNO2. The molecule has 0 saturated heterocycles. The van der Waals surface area contributed by atoms with Crippen molar-refractivity contribution in [2.24, 2.45) is 5.92 Å². The molecule has 3 nitrogen and oxygen atoms in total. The fourth-order valence-electron chi connectivity index (χ4n) is 2.47. The molecule has 0 aromatic heterocycles. The van der Waals surface area contributed by atoms with Crippen molar-refractivity contribution in [3.8, 4) is 5.75 Å². The van der Waals surface area contributed by atoms with Crippen LogP contribution in [0.5, 0.6) is 5.75 Å². The Balaban J connectivity index is 1.81. The highest BCUT2D eigenvalue weighted by atomic mass is 35.5. The van der Waals surface area contributed by atoms with Crippen LogP contribution in [-0.4, -0.2) is 18.6 Å². The van der Waals surface area contributed by atoms with E-state index in [2.05, 4.69) is 12.2 Å². The smallest absolute Gasteiger partial charge is 0.258 e. The molecule has 19 heavy (non-hydrogen) atoms. The highest BCUT2D eigenvalue weighted by Crippen LogP contribution is 2.26. The van der Waals surface area contributed by atoms with Crippen LogP contribution >= 0.6 is 11.6 Å². The topological polar surface area (TPSA) is 38.3 Å². The average molecular weight is 282 g/mol. The van der Waals surface area contributed by atoms with Gasteiger partial charge in [-0.1, -0.05) is 24.6 Å². The number of hydrogen-bond donors (Lipinski definition) is 1. The molecule has 1 aromatic rings. The Morgan fingerprint density at radius 2 is 2.26 bits per heavy atom. The molecule has 0 heterocycles. The summed E-state index contributed by atoms with van der Waals surface area (Å²) in [6.07, 6.45) is 3.32. The van der Waals surface area contributed by atoms with E-state index in [4.69, 9.17) is 16.3 Å². The van der Waals surface area contributed by atoms with Gasteiger partial charge in [-0.15, -0.1) is 0 Å². The maximum atomic E-state index is 11.8. The highest BCUT2D eigenvalue weighted by molar-refractivity contribution is 6.32. The van der Waals surface area contributed by atoms with Crippen LogP contribution in [0.1, 0.15) is 31.7 Å². The SMILES string of the molecule is Cc1ccc(Cl)c(OCC(=O)NC2CCC(C)C2)c1. The standard InChI is InChI=1S/C15H20ClNO2/c1-10-3-5-12(7-10)17-15(18)9-19-14-8-11(2)4-6-13(14)16/h4,6,8,10,12H,3,5,7,9H2,1-2H3,(H,17,18). The first-order chi connectivity index (χ1) is 9.04. The van der Waals surface area contributed by atoms with Gasteiger partial charge in [-0.3, -0.25) is 4.79 Å².